The topological polar surface area (TPSA) is 55.1 Å². The number of hydrogen-bond donors (Lipinski definition) is 2. The first-order valence-corrected chi connectivity index (χ1v) is 7.01. The molecule has 0 aliphatic carbocycles. The summed E-state index contributed by atoms with van der Waals surface area (Å²) < 4.78 is 38.4. The van der Waals surface area contributed by atoms with Gasteiger partial charge in [-0.15, -0.1) is 0 Å². The molecule has 3 N–H and O–H groups in total. The van der Waals surface area contributed by atoms with Crippen molar-refractivity contribution < 1.29 is 18.0 Å². The van der Waals surface area contributed by atoms with E-state index >= 15 is 0 Å². The molecule has 0 bridgehead atoms. The van der Waals surface area contributed by atoms with E-state index < -0.39 is 11.7 Å². The van der Waals surface area contributed by atoms with Gasteiger partial charge in [0.1, 0.15) is 0 Å². The highest BCUT2D eigenvalue weighted by Gasteiger charge is 2.31. The fraction of sp³-hybridized carbons (Fsp3) is 0.533. The highest BCUT2D eigenvalue weighted by atomic mass is 19.4. The number of anilines is 1. The van der Waals surface area contributed by atoms with Gasteiger partial charge in [0.2, 0.25) is 5.91 Å². The Labute approximate surface area is 122 Å². The fourth-order valence-electron chi connectivity index (χ4n) is 2.10. The van der Waals surface area contributed by atoms with Crippen molar-refractivity contribution in [3.05, 3.63) is 29.3 Å². The predicted octanol–water partition coefficient (Wildman–Crippen LogP) is 3.93. The van der Waals surface area contributed by atoms with Gasteiger partial charge in [0, 0.05) is 18.7 Å². The van der Waals surface area contributed by atoms with Crippen molar-refractivity contribution in [3.8, 4) is 0 Å². The molecule has 21 heavy (non-hydrogen) atoms. The van der Waals surface area contributed by atoms with Gasteiger partial charge in [0.05, 0.1) is 5.56 Å². The Kier molecular flexibility index (Phi) is 6.20. The smallest absolute Gasteiger partial charge is 0.326 e. The summed E-state index contributed by atoms with van der Waals surface area (Å²) in [4.78, 5) is 11.9. The van der Waals surface area contributed by atoms with Gasteiger partial charge in [0.25, 0.3) is 0 Å². The first kappa shape index (κ1) is 17.5. The molecule has 0 spiro atoms. The van der Waals surface area contributed by atoms with Crippen LogP contribution in [0, 0.1) is 5.92 Å². The fourth-order valence-corrected chi connectivity index (χ4v) is 2.10. The van der Waals surface area contributed by atoms with Crippen molar-refractivity contribution in [1.82, 2.24) is 0 Å². The SMILES string of the molecule is CCC(CC)CC(=O)Nc1cc(CN)cc(C(F)(F)F)c1. The van der Waals surface area contributed by atoms with Crippen molar-refractivity contribution in [1.29, 1.82) is 0 Å². The Hall–Kier alpha value is -1.56. The number of alkyl halides is 3. The summed E-state index contributed by atoms with van der Waals surface area (Å²) in [6, 6.07) is 3.40. The third kappa shape index (κ3) is 5.38. The minimum atomic E-state index is -4.46. The molecule has 0 saturated heterocycles. The molecule has 0 aliphatic heterocycles. The highest BCUT2D eigenvalue weighted by molar-refractivity contribution is 5.91. The molecule has 0 saturated carbocycles. The van der Waals surface area contributed by atoms with E-state index in [2.05, 4.69) is 5.32 Å². The van der Waals surface area contributed by atoms with Crippen LogP contribution >= 0.6 is 0 Å². The van der Waals surface area contributed by atoms with E-state index in [4.69, 9.17) is 5.73 Å². The molecule has 3 nitrogen and oxygen atoms in total. The van der Waals surface area contributed by atoms with Crippen molar-refractivity contribution in [2.24, 2.45) is 11.7 Å². The lowest BCUT2D eigenvalue weighted by atomic mass is 9.99. The van der Waals surface area contributed by atoms with Gasteiger partial charge in [-0.25, -0.2) is 0 Å². The number of rotatable bonds is 6. The largest absolute Gasteiger partial charge is 0.416 e. The normalized spacial score (nSPS) is 11.8. The van der Waals surface area contributed by atoms with Crippen LogP contribution < -0.4 is 11.1 Å². The van der Waals surface area contributed by atoms with Crippen LogP contribution in [0.25, 0.3) is 0 Å². The first-order valence-electron chi connectivity index (χ1n) is 7.01. The van der Waals surface area contributed by atoms with Crippen molar-refractivity contribution in [3.63, 3.8) is 0 Å². The molecule has 0 aliphatic rings. The second kappa shape index (κ2) is 7.45. The van der Waals surface area contributed by atoms with Crippen LogP contribution in [0.5, 0.6) is 0 Å². The lowest BCUT2D eigenvalue weighted by Crippen LogP contribution is -2.17. The minimum absolute atomic E-state index is 0.0145. The average Bonchev–Trinajstić information content (AvgIpc) is 2.43. The first-order chi connectivity index (χ1) is 9.79. The zero-order chi connectivity index (χ0) is 16.0. The molecule has 0 aromatic heterocycles. The van der Waals surface area contributed by atoms with Crippen LogP contribution in [0.4, 0.5) is 18.9 Å². The van der Waals surface area contributed by atoms with Crippen LogP contribution in [0.1, 0.15) is 44.2 Å². The molecule has 0 fully saturated rings. The third-order valence-electron chi connectivity index (χ3n) is 3.47. The standard InChI is InChI=1S/C15H21F3N2O/c1-3-10(4-2)7-14(21)20-13-6-11(9-19)5-12(8-13)15(16,17)18/h5-6,8,10H,3-4,7,9,19H2,1-2H3,(H,20,21). The maximum absolute atomic E-state index is 12.8. The van der Waals surface area contributed by atoms with E-state index in [1.807, 2.05) is 13.8 Å². The summed E-state index contributed by atoms with van der Waals surface area (Å²) in [6.07, 6.45) is -2.43. The van der Waals surface area contributed by atoms with Gasteiger partial charge in [-0.05, 0) is 29.7 Å². The van der Waals surface area contributed by atoms with Crippen molar-refractivity contribution >= 4 is 11.6 Å². The van der Waals surface area contributed by atoms with Crippen LogP contribution in [0.2, 0.25) is 0 Å². The van der Waals surface area contributed by atoms with E-state index in [0.717, 1.165) is 25.0 Å². The van der Waals surface area contributed by atoms with Gasteiger partial charge in [-0.1, -0.05) is 26.7 Å². The number of carbonyl (C=O) groups is 1. The molecule has 0 heterocycles. The maximum Gasteiger partial charge on any atom is 0.416 e. The van der Waals surface area contributed by atoms with Gasteiger partial charge >= 0.3 is 6.18 Å². The lowest BCUT2D eigenvalue weighted by molar-refractivity contribution is -0.137. The molecule has 118 valence electrons. The zero-order valence-electron chi connectivity index (χ0n) is 12.3. The van der Waals surface area contributed by atoms with E-state index in [9.17, 15) is 18.0 Å². The van der Waals surface area contributed by atoms with Gasteiger partial charge in [-0.3, -0.25) is 4.79 Å². The minimum Gasteiger partial charge on any atom is -0.326 e. The molecule has 1 rings (SSSR count). The molecule has 1 aromatic carbocycles. The monoisotopic (exact) mass is 302 g/mol. The molecule has 1 aromatic rings. The van der Waals surface area contributed by atoms with Gasteiger partial charge in [-0.2, -0.15) is 13.2 Å². The second-order valence-corrected chi connectivity index (χ2v) is 5.06. The summed E-state index contributed by atoms with van der Waals surface area (Å²) in [6.45, 7) is 3.95. The second-order valence-electron chi connectivity index (χ2n) is 5.06. The third-order valence-corrected chi connectivity index (χ3v) is 3.47. The maximum atomic E-state index is 12.8. The number of benzene rings is 1. The van der Waals surface area contributed by atoms with E-state index in [-0.39, 0.29) is 24.1 Å². The average molecular weight is 302 g/mol. The molecule has 0 unspecified atom stereocenters. The number of nitrogens with one attached hydrogen (secondary N) is 1. The quantitative estimate of drug-likeness (QED) is 0.836. The highest BCUT2D eigenvalue weighted by Crippen LogP contribution is 2.32. The summed E-state index contributed by atoms with van der Waals surface area (Å²) in [5.41, 5.74) is 5.08. The van der Waals surface area contributed by atoms with Gasteiger partial charge in [0.15, 0.2) is 0 Å². The van der Waals surface area contributed by atoms with Crippen LogP contribution in [-0.2, 0) is 17.5 Å². The van der Waals surface area contributed by atoms with Gasteiger partial charge < -0.3 is 11.1 Å². The summed E-state index contributed by atoms with van der Waals surface area (Å²) in [7, 11) is 0. The summed E-state index contributed by atoms with van der Waals surface area (Å²) in [5, 5.41) is 2.53. The Morgan fingerprint density at radius 1 is 1.24 bits per heavy atom. The number of hydrogen-bond acceptors (Lipinski definition) is 2. The molecule has 1 amide bonds. The Morgan fingerprint density at radius 3 is 2.33 bits per heavy atom. The molecule has 6 heteroatoms. The molecule has 0 radical (unpaired) electrons. The summed E-state index contributed by atoms with van der Waals surface area (Å²) >= 11 is 0. The zero-order valence-corrected chi connectivity index (χ0v) is 12.3. The number of nitrogens with two attached hydrogens (primary N) is 1. The van der Waals surface area contributed by atoms with E-state index in [1.165, 1.54) is 6.07 Å². The van der Waals surface area contributed by atoms with E-state index in [1.54, 1.807) is 0 Å². The molecule has 0 atom stereocenters. The van der Waals surface area contributed by atoms with Crippen molar-refractivity contribution in [2.45, 2.75) is 45.8 Å². The lowest BCUT2D eigenvalue weighted by Gasteiger charge is -2.14. The van der Waals surface area contributed by atoms with E-state index in [0.29, 0.717) is 12.0 Å². The number of amides is 1. The predicted molar refractivity (Wildman–Crippen MR) is 76.7 cm³/mol. The Balaban J connectivity index is 2.90. The van der Waals surface area contributed by atoms with Crippen LogP contribution in [-0.4, -0.2) is 5.91 Å². The Morgan fingerprint density at radius 2 is 1.86 bits per heavy atom. The van der Waals surface area contributed by atoms with Crippen LogP contribution in [0.3, 0.4) is 0 Å². The number of halogens is 3. The van der Waals surface area contributed by atoms with Crippen molar-refractivity contribution in [2.75, 3.05) is 5.32 Å². The Bertz CT molecular complexity index is 482. The molecular weight excluding hydrogens is 281 g/mol. The number of carbonyl (C=O) groups excluding carboxylic acids is 1. The summed E-state index contributed by atoms with van der Waals surface area (Å²) in [5.74, 6) is -0.0317. The van der Waals surface area contributed by atoms with Crippen LogP contribution in [0.15, 0.2) is 18.2 Å². The molecular formula is C15H21F3N2O.